The van der Waals surface area contributed by atoms with Crippen LogP contribution in [0.5, 0.6) is 0 Å². The van der Waals surface area contributed by atoms with Gasteiger partial charge in [0.1, 0.15) is 11.8 Å². The van der Waals surface area contributed by atoms with Gasteiger partial charge in [0, 0.05) is 18.7 Å². The van der Waals surface area contributed by atoms with Crippen molar-refractivity contribution in [1.29, 1.82) is 0 Å². The number of carbonyl (C=O) groups excluding carboxylic acids is 2. The van der Waals surface area contributed by atoms with Crippen molar-refractivity contribution in [3.8, 4) is 0 Å². The minimum Gasteiger partial charge on any atom is -0.461 e. The number of ether oxygens (including phenoxy) is 1. The predicted molar refractivity (Wildman–Crippen MR) is 123 cm³/mol. The Hall–Kier alpha value is -3.19. The Morgan fingerprint density at radius 3 is 2.52 bits per heavy atom. The monoisotopic (exact) mass is 422 g/mol. The van der Waals surface area contributed by atoms with Gasteiger partial charge >= 0.3 is 5.97 Å². The van der Waals surface area contributed by atoms with Gasteiger partial charge in [-0.1, -0.05) is 44.2 Å². The van der Waals surface area contributed by atoms with E-state index >= 15 is 0 Å². The van der Waals surface area contributed by atoms with Gasteiger partial charge in [0.25, 0.3) is 0 Å². The maximum Gasteiger partial charge on any atom is 0.354 e. The molecule has 164 valence electrons. The fourth-order valence-corrected chi connectivity index (χ4v) is 3.55. The van der Waals surface area contributed by atoms with Crippen molar-refractivity contribution >= 4 is 29.0 Å². The van der Waals surface area contributed by atoms with Gasteiger partial charge in [-0.2, -0.15) is 5.10 Å². The molecule has 1 aliphatic heterocycles. The number of para-hydroxylation sites is 1. The summed E-state index contributed by atoms with van der Waals surface area (Å²) in [5, 5.41) is 9.01. The molecule has 0 bridgehead atoms. The predicted octanol–water partition coefficient (Wildman–Crippen LogP) is 3.66. The number of nitrogens with zero attached hydrogens (tertiary/aromatic N) is 3. The van der Waals surface area contributed by atoms with Gasteiger partial charge in [-0.15, -0.1) is 0 Å². The highest BCUT2D eigenvalue weighted by atomic mass is 16.5. The van der Waals surface area contributed by atoms with Crippen LogP contribution in [0.2, 0.25) is 0 Å². The van der Waals surface area contributed by atoms with Crippen LogP contribution in [-0.4, -0.2) is 48.2 Å². The van der Waals surface area contributed by atoms with Gasteiger partial charge in [-0.3, -0.25) is 14.7 Å². The number of carbonyl (C=O) groups is 2. The lowest BCUT2D eigenvalue weighted by Crippen LogP contribution is -2.38. The summed E-state index contributed by atoms with van der Waals surface area (Å²) in [4.78, 5) is 27.7. The van der Waals surface area contributed by atoms with Crippen molar-refractivity contribution in [3.63, 3.8) is 0 Å². The molecule has 2 aromatic rings. The first-order chi connectivity index (χ1) is 15.0. The fraction of sp³-hybridized carbons (Fsp3) is 0.375. The number of anilines is 2. The molecule has 0 saturated heterocycles. The molecular formula is C24H30N4O3. The Kier molecular flexibility index (Phi) is 7.78. The number of nitrogens with one attached hydrogen (secondary N) is 1. The van der Waals surface area contributed by atoms with Crippen LogP contribution in [0.4, 0.5) is 11.4 Å². The van der Waals surface area contributed by atoms with E-state index in [2.05, 4.69) is 35.2 Å². The molecule has 3 rings (SSSR count). The van der Waals surface area contributed by atoms with Crippen LogP contribution >= 0.6 is 0 Å². The summed E-state index contributed by atoms with van der Waals surface area (Å²) in [7, 11) is 0. The summed E-state index contributed by atoms with van der Waals surface area (Å²) in [6, 6.07) is 16.6. The van der Waals surface area contributed by atoms with Gasteiger partial charge in [0.05, 0.1) is 12.3 Å². The zero-order chi connectivity index (χ0) is 22.2. The van der Waals surface area contributed by atoms with Gasteiger partial charge in [0.15, 0.2) is 0 Å². The lowest BCUT2D eigenvalue weighted by molar-refractivity contribution is -0.135. The van der Waals surface area contributed by atoms with E-state index < -0.39 is 12.0 Å². The third kappa shape index (κ3) is 5.70. The molecule has 1 aliphatic rings. The molecule has 0 unspecified atom stereocenters. The molecule has 0 spiro atoms. The van der Waals surface area contributed by atoms with Crippen molar-refractivity contribution < 1.29 is 14.3 Å². The lowest BCUT2D eigenvalue weighted by atomic mass is 10.1. The minimum absolute atomic E-state index is 0.193. The highest BCUT2D eigenvalue weighted by Crippen LogP contribution is 2.26. The van der Waals surface area contributed by atoms with E-state index in [1.807, 2.05) is 48.5 Å². The van der Waals surface area contributed by atoms with Gasteiger partial charge < -0.3 is 10.1 Å². The standard InChI is InChI=1S/C24H30N4O3/c1-4-27(5-2)17-18-11-10-12-19(15-18)25-23(29)22-16-21(24(30)31-6-3)26-28(22)20-13-8-7-9-14-20/h7-15,22H,4-6,16-17H2,1-3H3,(H,25,29)/t22-/m1/s1. The second-order valence-corrected chi connectivity index (χ2v) is 7.32. The van der Waals surface area contributed by atoms with E-state index in [-0.39, 0.29) is 24.6 Å². The van der Waals surface area contributed by atoms with Crippen LogP contribution < -0.4 is 10.3 Å². The Morgan fingerprint density at radius 2 is 1.84 bits per heavy atom. The van der Waals surface area contributed by atoms with Crippen molar-refractivity contribution in [2.75, 3.05) is 30.0 Å². The highest BCUT2D eigenvalue weighted by molar-refractivity contribution is 6.38. The summed E-state index contributed by atoms with van der Waals surface area (Å²) in [6.07, 6.45) is 0.193. The molecule has 1 N–H and O–H groups in total. The van der Waals surface area contributed by atoms with E-state index in [1.54, 1.807) is 11.9 Å². The van der Waals surface area contributed by atoms with E-state index in [4.69, 9.17) is 4.74 Å². The molecule has 1 atom stereocenters. The quantitative estimate of drug-likeness (QED) is 0.624. The maximum absolute atomic E-state index is 13.2. The molecule has 0 aromatic heterocycles. The smallest absolute Gasteiger partial charge is 0.354 e. The Morgan fingerprint density at radius 1 is 1.10 bits per heavy atom. The molecule has 0 saturated carbocycles. The minimum atomic E-state index is -0.631. The number of rotatable bonds is 9. The van der Waals surface area contributed by atoms with Crippen molar-refractivity contribution in [1.82, 2.24) is 4.90 Å². The second kappa shape index (κ2) is 10.7. The topological polar surface area (TPSA) is 74.2 Å². The first kappa shape index (κ1) is 22.5. The Bertz CT molecular complexity index is 925. The lowest BCUT2D eigenvalue weighted by Gasteiger charge is -2.23. The summed E-state index contributed by atoms with van der Waals surface area (Å²) in [6.45, 7) is 9.04. The van der Waals surface area contributed by atoms with Gasteiger partial charge in [-0.25, -0.2) is 4.79 Å². The number of amides is 1. The third-order valence-corrected chi connectivity index (χ3v) is 5.24. The van der Waals surface area contributed by atoms with Gasteiger partial charge in [0.2, 0.25) is 5.91 Å². The Balaban J connectivity index is 1.77. The molecule has 7 nitrogen and oxygen atoms in total. The van der Waals surface area contributed by atoms with Crippen LogP contribution in [0, 0.1) is 0 Å². The zero-order valence-corrected chi connectivity index (χ0v) is 18.4. The molecule has 7 heteroatoms. The molecule has 2 aromatic carbocycles. The summed E-state index contributed by atoms with van der Waals surface area (Å²) in [5.41, 5.74) is 2.86. The number of hydrazone groups is 1. The van der Waals surface area contributed by atoms with E-state index in [9.17, 15) is 9.59 Å². The highest BCUT2D eigenvalue weighted by Gasteiger charge is 2.36. The van der Waals surface area contributed by atoms with E-state index in [0.29, 0.717) is 0 Å². The van der Waals surface area contributed by atoms with E-state index in [1.165, 1.54) is 0 Å². The molecule has 0 fully saturated rings. The molecule has 0 aliphatic carbocycles. The number of hydrogen-bond donors (Lipinski definition) is 1. The van der Waals surface area contributed by atoms with Crippen molar-refractivity contribution in [2.24, 2.45) is 5.10 Å². The fourth-order valence-electron chi connectivity index (χ4n) is 3.55. The third-order valence-electron chi connectivity index (χ3n) is 5.24. The van der Waals surface area contributed by atoms with Crippen molar-refractivity contribution in [3.05, 3.63) is 60.2 Å². The number of benzene rings is 2. The maximum atomic E-state index is 13.2. The first-order valence-corrected chi connectivity index (χ1v) is 10.8. The number of hydrogen-bond acceptors (Lipinski definition) is 6. The summed E-state index contributed by atoms with van der Waals surface area (Å²) < 4.78 is 5.10. The molecule has 1 heterocycles. The van der Waals surface area contributed by atoms with Crippen molar-refractivity contribution in [2.45, 2.75) is 39.8 Å². The van der Waals surface area contributed by atoms with E-state index in [0.717, 1.165) is 36.6 Å². The summed E-state index contributed by atoms with van der Waals surface area (Å²) in [5.74, 6) is -0.702. The molecule has 0 radical (unpaired) electrons. The number of esters is 1. The molecule has 31 heavy (non-hydrogen) atoms. The van der Waals surface area contributed by atoms with Gasteiger partial charge in [-0.05, 0) is 49.8 Å². The molecular weight excluding hydrogens is 392 g/mol. The average molecular weight is 423 g/mol. The molecule has 1 amide bonds. The average Bonchev–Trinajstić information content (AvgIpc) is 3.24. The summed E-state index contributed by atoms with van der Waals surface area (Å²) >= 11 is 0. The van der Waals surface area contributed by atoms with Crippen LogP contribution in [0.1, 0.15) is 32.8 Å². The normalized spacial score (nSPS) is 15.7. The first-order valence-electron chi connectivity index (χ1n) is 10.8. The second-order valence-electron chi connectivity index (χ2n) is 7.32. The SMILES string of the molecule is CCOC(=O)C1=NN(c2ccccc2)[C@@H](C(=O)Nc2cccc(CN(CC)CC)c2)C1. The Labute approximate surface area is 183 Å². The van der Waals surface area contributed by atoms with Crippen LogP contribution in [-0.2, 0) is 20.9 Å². The van der Waals surface area contributed by atoms with Crippen LogP contribution in [0.15, 0.2) is 59.7 Å². The largest absolute Gasteiger partial charge is 0.461 e. The van der Waals surface area contributed by atoms with Crippen LogP contribution in [0.3, 0.4) is 0 Å². The zero-order valence-electron chi connectivity index (χ0n) is 18.4. The van der Waals surface area contributed by atoms with Crippen LogP contribution in [0.25, 0.3) is 0 Å².